The van der Waals surface area contributed by atoms with Crippen molar-refractivity contribution in [3.8, 4) is 11.5 Å². The normalized spacial score (nSPS) is 10.6. The van der Waals surface area contributed by atoms with Crippen molar-refractivity contribution in [1.82, 2.24) is 10.2 Å². The predicted octanol–water partition coefficient (Wildman–Crippen LogP) is 3.67. The molecule has 0 atom stereocenters. The molecule has 106 valence electrons. The molecule has 0 radical (unpaired) electrons. The van der Waals surface area contributed by atoms with Gasteiger partial charge in [-0.25, -0.2) is 0 Å². The number of nitrogens with one attached hydrogen (secondary N) is 1. The first-order chi connectivity index (χ1) is 10.1. The smallest absolute Gasteiger partial charge is 0.322 e. The van der Waals surface area contributed by atoms with E-state index in [9.17, 15) is 4.79 Å². The number of aryl methyl sites for hydroxylation is 2. The number of carbonyl (C=O) groups is 1. The fraction of sp³-hybridized carbons (Fsp3) is 0.133. The van der Waals surface area contributed by atoms with E-state index in [2.05, 4.69) is 15.5 Å². The third kappa shape index (κ3) is 2.85. The van der Waals surface area contributed by atoms with Crippen LogP contribution >= 0.6 is 11.3 Å². The molecule has 0 saturated carbocycles. The molecule has 0 saturated heterocycles. The number of thiophene rings is 1. The summed E-state index contributed by atoms with van der Waals surface area (Å²) < 4.78 is 5.52. The zero-order chi connectivity index (χ0) is 14.8. The lowest BCUT2D eigenvalue weighted by atomic mass is 10.1. The van der Waals surface area contributed by atoms with Crippen LogP contribution in [0.1, 0.15) is 20.8 Å². The minimum Gasteiger partial charge on any atom is -0.403 e. The summed E-state index contributed by atoms with van der Waals surface area (Å²) in [7, 11) is 0. The van der Waals surface area contributed by atoms with Crippen LogP contribution < -0.4 is 5.32 Å². The van der Waals surface area contributed by atoms with Crippen LogP contribution in [0.25, 0.3) is 11.5 Å². The fourth-order valence-corrected chi connectivity index (χ4v) is 2.53. The van der Waals surface area contributed by atoms with Gasteiger partial charge in [0.25, 0.3) is 5.91 Å². The number of benzene rings is 1. The van der Waals surface area contributed by atoms with Crippen LogP contribution in [0.2, 0.25) is 0 Å². The van der Waals surface area contributed by atoms with Gasteiger partial charge in [-0.05, 0) is 36.9 Å². The first-order valence-electron chi connectivity index (χ1n) is 6.39. The van der Waals surface area contributed by atoms with E-state index in [0.29, 0.717) is 10.8 Å². The number of rotatable bonds is 3. The van der Waals surface area contributed by atoms with Crippen LogP contribution in [0.4, 0.5) is 6.01 Å². The Labute approximate surface area is 125 Å². The van der Waals surface area contributed by atoms with E-state index in [4.69, 9.17) is 4.42 Å². The van der Waals surface area contributed by atoms with Crippen molar-refractivity contribution in [3.63, 3.8) is 0 Å². The molecule has 3 aromatic rings. The number of hydrogen-bond donors (Lipinski definition) is 1. The molecule has 6 heteroatoms. The SMILES string of the molecule is Cc1ccc(C)c(-c2nnc(NC(=O)c3cccs3)o2)c1. The van der Waals surface area contributed by atoms with E-state index in [-0.39, 0.29) is 11.9 Å². The molecular weight excluding hydrogens is 286 g/mol. The van der Waals surface area contributed by atoms with Gasteiger partial charge in [0.1, 0.15) is 0 Å². The first kappa shape index (κ1) is 13.5. The van der Waals surface area contributed by atoms with Crippen molar-refractivity contribution in [1.29, 1.82) is 0 Å². The van der Waals surface area contributed by atoms with Crippen molar-refractivity contribution in [2.24, 2.45) is 0 Å². The van der Waals surface area contributed by atoms with Gasteiger partial charge in [-0.15, -0.1) is 16.4 Å². The third-order valence-electron chi connectivity index (χ3n) is 3.01. The van der Waals surface area contributed by atoms with Crippen LogP contribution in [0.15, 0.2) is 40.1 Å². The maximum atomic E-state index is 11.9. The molecular formula is C15H13N3O2S. The standard InChI is InChI=1S/C15H13N3O2S/c1-9-5-6-10(2)11(8-9)14-17-18-15(20-14)16-13(19)12-4-3-7-21-12/h3-8H,1-2H3,(H,16,18,19). The van der Waals surface area contributed by atoms with E-state index in [0.717, 1.165) is 16.7 Å². The van der Waals surface area contributed by atoms with Crippen molar-refractivity contribution in [3.05, 3.63) is 51.7 Å². The molecule has 0 aliphatic carbocycles. The Bertz CT molecular complexity index is 778. The van der Waals surface area contributed by atoms with Crippen LogP contribution in [-0.2, 0) is 0 Å². The Kier molecular flexibility index (Phi) is 3.53. The molecule has 2 heterocycles. The quantitative estimate of drug-likeness (QED) is 0.801. The third-order valence-corrected chi connectivity index (χ3v) is 3.88. The van der Waals surface area contributed by atoms with Crippen molar-refractivity contribution < 1.29 is 9.21 Å². The molecule has 21 heavy (non-hydrogen) atoms. The van der Waals surface area contributed by atoms with E-state index < -0.39 is 0 Å². The number of nitrogens with zero attached hydrogens (tertiary/aromatic N) is 2. The second kappa shape index (κ2) is 5.49. The summed E-state index contributed by atoms with van der Waals surface area (Å²) in [5.74, 6) is 0.152. The fourth-order valence-electron chi connectivity index (χ4n) is 1.92. The summed E-state index contributed by atoms with van der Waals surface area (Å²) in [4.78, 5) is 12.5. The molecule has 2 aromatic heterocycles. The second-order valence-corrected chi connectivity index (χ2v) is 5.61. The minimum absolute atomic E-state index is 0.101. The van der Waals surface area contributed by atoms with E-state index in [1.54, 1.807) is 6.07 Å². The van der Waals surface area contributed by atoms with Crippen LogP contribution in [0.5, 0.6) is 0 Å². The van der Waals surface area contributed by atoms with Gasteiger partial charge in [-0.3, -0.25) is 10.1 Å². The molecule has 5 nitrogen and oxygen atoms in total. The van der Waals surface area contributed by atoms with Gasteiger partial charge in [-0.2, -0.15) is 0 Å². The summed E-state index contributed by atoms with van der Waals surface area (Å²) >= 11 is 1.36. The highest BCUT2D eigenvalue weighted by molar-refractivity contribution is 7.12. The Balaban J connectivity index is 1.83. The lowest BCUT2D eigenvalue weighted by molar-refractivity contribution is 0.102. The van der Waals surface area contributed by atoms with Gasteiger partial charge in [-0.1, -0.05) is 28.9 Å². The number of anilines is 1. The number of aromatic nitrogens is 2. The first-order valence-corrected chi connectivity index (χ1v) is 7.27. The van der Waals surface area contributed by atoms with Crippen molar-refractivity contribution >= 4 is 23.3 Å². The van der Waals surface area contributed by atoms with Gasteiger partial charge in [0.05, 0.1) is 4.88 Å². The lowest BCUT2D eigenvalue weighted by Gasteiger charge is -2.02. The second-order valence-electron chi connectivity index (χ2n) is 4.66. The van der Waals surface area contributed by atoms with Gasteiger partial charge >= 0.3 is 6.01 Å². The zero-order valence-electron chi connectivity index (χ0n) is 11.6. The van der Waals surface area contributed by atoms with Crippen LogP contribution in [-0.4, -0.2) is 16.1 Å². The zero-order valence-corrected chi connectivity index (χ0v) is 12.4. The summed E-state index contributed by atoms with van der Waals surface area (Å²) in [6.07, 6.45) is 0. The van der Waals surface area contributed by atoms with Crippen molar-refractivity contribution in [2.75, 3.05) is 5.32 Å². The molecule has 0 spiro atoms. The Morgan fingerprint density at radius 2 is 2.10 bits per heavy atom. The summed E-state index contributed by atoms with van der Waals surface area (Å²) in [6.45, 7) is 3.97. The minimum atomic E-state index is -0.249. The highest BCUT2D eigenvalue weighted by Crippen LogP contribution is 2.24. The molecule has 0 aliphatic heterocycles. The summed E-state index contributed by atoms with van der Waals surface area (Å²) in [5, 5.41) is 12.3. The Hall–Kier alpha value is -2.47. The van der Waals surface area contributed by atoms with Crippen molar-refractivity contribution in [2.45, 2.75) is 13.8 Å². The summed E-state index contributed by atoms with van der Waals surface area (Å²) in [5.41, 5.74) is 3.03. The van der Waals surface area contributed by atoms with Crippen LogP contribution in [0.3, 0.4) is 0 Å². The highest BCUT2D eigenvalue weighted by Gasteiger charge is 2.14. The Morgan fingerprint density at radius 1 is 1.24 bits per heavy atom. The molecule has 0 aliphatic rings. The lowest BCUT2D eigenvalue weighted by Crippen LogP contribution is -2.10. The van der Waals surface area contributed by atoms with Gasteiger partial charge < -0.3 is 4.42 Å². The summed E-state index contributed by atoms with van der Waals surface area (Å²) in [6, 6.07) is 9.65. The molecule has 0 unspecified atom stereocenters. The average molecular weight is 299 g/mol. The molecule has 1 amide bonds. The maximum Gasteiger partial charge on any atom is 0.322 e. The van der Waals surface area contributed by atoms with Gasteiger partial charge in [0, 0.05) is 5.56 Å². The average Bonchev–Trinajstić information content (AvgIpc) is 3.12. The van der Waals surface area contributed by atoms with E-state index >= 15 is 0 Å². The van der Waals surface area contributed by atoms with E-state index in [1.807, 2.05) is 43.5 Å². The van der Waals surface area contributed by atoms with Gasteiger partial charge in [0.15, 0.2) is 0 Å². The largest absolute Gasteiger partial charge is 0.403 e. The topological polar surface area (TPSA) is 68.0 Å². The van der Waals surface area contributed by atoms with Crippen LogP contribution in [0, 0.1) is 13.8 Å². The molecule has 0 bridgehead atoms. The molecule has 3 rings (SSSR count). The highest BCUT2D eigenvalue weighted by atomic mass is 32.1. The maximum absolute atomic E-state index is 11.9. The molecule has 1 N–H and O–H groups in total. The molecule has 0 fully saturated rings. The molecule has 1 aromatic carbocycles. The van der Waals surface area contributed by atoms with Gasteiger partial charge in [0.2, 0.25) is 5.89 Å². The number of hydrogen-bond acceptors (Lipinski definition) is 5. The monoisotopic (exact) mass is 299 g/mol. The Morgan fingerprint density at radius 3 is 2.86 bits per heavy atom. The predicted molar refractivity (Wildman–Crippen MR) is 81.5 cm³/mol. The van der Waals surface area contributed by atoms with E-state index in [1.165, 1.54) is 11.3 Å². The number of carbonyl (C=O) groups excluding carboxylic acids is 1. The number of amides is 1.